The fourth-order valence-corrected chi connectivity index (χ4v) is 16.9. The molecule has 6 aliphatic heterocycles. The fourth-order valence-electron chi connectivity index (χ4n) is 16.9. The Hall–Kier alpha value is -1.16. The monoisotopic (exact) mass is 1230 g/mol. The van der Waals surface area contributed by atoms with E-state index in [-0.39, 0.29) is 53.1 Å². The summed E-state index contributed by atoms with van der Waals surface area (Å²) >= 11 is 0. The van der Waals surface area contributed by atoms with Crippen LogP contribution in [-0.2, 0) is 52.1 Å². The second-order valence-electron chi connectivity index (χ2n) is 26.8. The molecule has 6 saturated heterocycles. The maximum absolute atomic E-state index is 12.1. The van der Waals surface area contributed by atoms with E-state index >= 15 is 0 Å². The Labute approximate surface area is 491 Å². The standard InChI is InChI=1S/C56H94O29/c1-20(18-75-49-42(70)38(66)36(64)30(14-57)78-49)7-10-56(74)21(2)34-29(85-56)12-25-23-6-5-22-11-28(26(61)13-55(22,4)24(23)8-9-54(25,34)3)77-51-44(72)40(68)46(32(16-59)80-51)83-53-48(84-52-43(71)39(67)37(65)31(15-58)79-52)45(73)47(33(17-60)81-53)82-50-41(69)35(63)27(62)19-76-50/h20-53,57-74H,5-19H2,1-4H3/t20-,21+,22+,23-,24+,25+,26-,27-,28-,29+,30-,31-,32-,33-,34+,35+,36-,37+,38+,39+,40-,41-,42-,43-,44-,45+,46+,47-,48-,49-,50+,51-,52+,53+,54+,55+,56+/m1/s1. The highest BCUT2D eigenvalue weighted by atomic mass is 16.8. The van der Waals surface area contributed by atoms with Crippen molar-refractivity contribution in [2.24, 2.45) is 52.3 Å². The first-order valence-electron chi connectivity index (χ1n) is 30.4. The van der Waals surface area contributed by atoms with Crippen LogP contribution in [0, 0.1) is 52.3 Å². The second kappa shape index (κ2) is 26.4. The summed E-state index contributed by atoms with van der Waals surface area (Å²) in [6, 6.07) is 0. The third-order valence-corrected chi connectivity index (χ3v) is 21.8. The van der Waals surface area contributed by atoms with E-state index in [9.17, 15) is 91.9 Å². The molecule has 29 nitrogen and oxygen atoms in total. The zero-order chi connectivity index (χ0) is 61.5. The van der Waals surface area contributed by atoms with Gasteiger partial charge in [0.15, 0.2) is 37.2 Å². The summed E-state index contributed by atoms with van der Waals surface area (Å²) in [6.07, 6.45) is -37.1. The Kier molecular flexibility index (Phi) is 20.8. The lowest BCUT2D eigenvalue weighted by Gasteiger charge is -2.62. The van der Waals surface area contributed by atoms with Gasteiger partial charge in [0.05, 0.1) is 58.0 Å². The van der Waals surface area contributed by atoms with Gasteiger partial charge < -0.3 is 144 Å². The lowest BCUT2D eigenvalue weighted by Crippen LogP contribution is -2.68. The van der Waals surface area contributed by atoms with Gasteiger partial charge in [-0.2, -0.15) is 0 Å². The molecule has 0 unspecified atom stereocenters. The molecule has 85 heavy (non-hydrogen) atoms. The van der Waals surface area contributed by atoms with Crippen LogP contribution in [0.4, 0.5) is 0 Å². The molecule has 4 aliphatic carbocycles. The van der Waals surface area contributed by atoms with Crippen molar-refractivity contribution in [2.75, 3.05) is 39.6 Å². The summed E-state index contributed by atoms with van der Waals surface area (Å²) in [7, 11) is 0. The van der Waals surface area contributed by atoms with E-state index < -0.39 is 198 Å². The highest BCUT2D eigenvalue weighted by Gasteiger charge is 2.69. The van der Waals surface area contributed by atoms with E-state index in [0.29, 0.717) is 37.5 Å². The SMILES string of the molecule is C[C@H](CC[C@]1(O)O[C@H]2C[C@H]3[C@@H]4CC[C@H]5C[C@@H](O[C@@H]6O[C@H](CO)[C@H](O[C@@H]7O[C@H](CO)[C@@H](O[C@@H]8OC[C@@H](O)[C@H](O)[C@H]8O)[C@H](O)[C@H]7O[C@@H]7O[C@H](CO)[C@H](O)[C@H](O)[C@H]7O)[C@H](O)[C@H]6O)[C@H](O)C[C@]5(C)[C@H]4CC[C@]3(C)[C@H]2[C@@H]1C)CO[C@@H]1O[C@H](CO)[C@@H](O)[C@H](O)[C@H]1O. The Morgan fingerprint density at radius 2 is 1.06 bits per heavy atom. The van der Waals surface area contributed by atoms with Gasteiger partial charge >= 0.3 is 0 Å². The van der Waals surface area contributed by atoms with Crippen LogP contribution in [-0.4, -0.2) is 303 Å². The molecule has 6 heterocycles. The van der Waals surface area contributed by atoms with Crippen LogP contribution >= 0.6 is 0 Å². The zero-order valence-corrected chi connectivity index (χ0v) is 48.3. The predicted molar refractivity (Wildman–Crippen MR) is 280 cm³/mol. The van der Waals surface area contributed by atoms with Crippen molar-refractivity contribution >= 4 is 0 Å². The van der Waals surface area contributed by atoms with Gasteiger partial charge in [-0.1, -0.05) is 27.7 Å². The van der Waals surface area contributed by atoms with Crippen LogP contribution in [0.2, 0.25) is 0 Å². The number of hydrogen-bond donors (Lipinski definition) is 18. The van der Waals surface area contributed by atoms with Crippen molar-refractivity contribution in [3.05, 3.63) is 0 Å². The Morgan fingerprint density at radius 3 is 1.71 bits per heavy atom. The molecule has 0 amide bonds. The number of fused-ring (bicyclic) bond motifs is 7. The van der Waals surface area contributed by atoms with Gasteiger partial charge in [0.1, 0.15) is 116 Å². The summed E-state index contributed by atoms with van der Waals surface area (Å²) in [5.74, 6) is -0.616. The average Bonchev–Trinajstić information content (AvgIpc) is 1.61. The van der Waals surface area contributed by atoms with Gasteiger partial charge in [0, 0.05) is 12.3 Å². The van der Waals surface area contributed by atoms with Gasteiger partial charge in [-0.25, -0.2) is 0 Å². The normalized spacial score (nSPS) is 55.8. The summed E-state index contributed by atoms with van der Waals surface area (Å²) in [5, 5.41) is 194. The van der Waals surface area contributed by atoms with Crippen LogP contribution in [0.1, 0.15) is 85.5 Å². The molecule has 10 aliphatic rings. The molecule has 18 N–H and O–H groups in total. The Bertz CT molecular complexity index is 2170. The fraction of sp³-hybridized carbons (Fsp3) is 1.00. The average molecular weight is 1230 g/mol. The molecule has 0 aromatic carbocycles. The van der Waals surface area contributed by atoms with E-state index in [1.54, 1.807) is 0 Å². The van der Waals surface area contributed by atoms with Crippen molar-refractivity contribution in [3.8, 4) is 0 Å². The first-order chi connectivity index (χ1) is 40.2. The minimum Gasteiger partial charge on any atom is -0.394 e. The molecule has 0 aromatic heterocycles. The Balaban J connectivity index is 0.762. The minimum absolute atomic E-state index is 0.0853. The number of aliphatic hydroxyl groups is 18. The van der Waals surface area contributed by atoms with E-state index in [1.165, 1.54) is 0 Å². The van der Waals surface area contributed by atoms with Gasteiger partial charge in [-0.3, -0.25) is 0 Å². The lowest BCUT2D eigenvalue weighted by molar-refractivity contribution is -0.401. The smallest absolute Gasteiger partial charge is 0.187 e. The summed E-state index contributed by atoms with van der Waals surface area (Å²) in [6.45, 7) is 4.97. The maximum atomic E-state index is 12.1. The first kappa shape index (κ1) is 66.8. The van der Waals surface area contributed by atoms with Crippen LogP contribution in [0.5, 0.6) is 0 Å². The predicted octanol–water partition coefficient (Wildman–Crippen LogP) is -6.52. The molecule has 29 heteroatoms. The molecule has 0 bridgehead atoms. The highest BCUT2D eigenvalue weighted by Crippen LogP contribution is 2.71. The summed E-state index contributed by atoms with van der Waals surface area (Å²) in [4.78, 5) is 0. The van der Waals surface area contributed by atoms with Gasteiger partial charge in [0.2, 0.25) is 0 Å². The largest absolute Gasteiger partial charge is 0.394 e. The molecule has 10 rings (SSSR count). The van der Waals surface area contributed by atoms with Gasteiger partial charge in [-0.05, 0) is 97.7 Å². The molecular formula is C56H94O29. The highest BCUT2D eigenvalue weighted by molar-refractivity contribution is 5.16. The van der Waals surface area contributed by atoms with E-state index in [4.69, 9.17) is 52.1 Å². The van der Waals surface area contributed by atoms with Crippen LogP contribution in [0.25, 0.3) is 0 Å². The third-order valence-electron chi connectivity index (χ3n) is 21.8. The number of ether oxygens (including phenoxy) is 11. The zero-order valence-electron chi connectivity index (χ0n) is 48.3. The molecule has 4 saturated carbocycles. The van der Waals surface area contributed by atoms with E-state index in [2.05, 4.69) is 20.8 Å². The second-order valence-corrected chi connectivity index (χ2v) is 26.8. The van der Waals surface area contributed by atoms with Crippen molar-refractivity contribution in [1.29, 1.82) is 0 Å². The number of rotatable bonds is 18. The Morgan fingerprint density at radius 1 is 0.518 bits per heavy atom. The van der Waals surface area contributed by atoms with Crippen molar-refractivity contribution in [2.45, 2.75) is 257 Å². The quantitative estimate of drug-likeness (QED) is 0.0568. The lowest BCUT2D eigenvalue weighted by atomic mass is 9.44. The number of aliphatic hydroxyl groups excluding tert-OH is 17. The van der Waals surface area contributed by atoms with Crippen LogP contribution in [0.15, 0.2) is 0 Å². The van der Waals surface area contributed by atoms with Crippen molar-refractivity contribution < 1.29 is 144 Å². The van der Waals surface area contributed by atoms with Gasteiger partial charge in [0.25, 0.3) is 0 Å². The summed E-state index contributed by atoms with van der Waals surface area (Å²) < 4.78 is 65.2. The van der Waals surface area contributed by atoms with E-state index in [1.807, 2.05) is 6.92 Å². The molecule has 0 radical (unpaired) electrons. The topological polar surface area (TPSA) is 466 Å². The third kappa shape index (κ3) is 12.3. The summed E-state index contributed by atoms with van der Waals surface area (Å²) in [5.41, 5.74) is -0.428. The minimum atomic E-state index is -2.04. The molecule has 0 spiro atoms. The molecule has 0 aromatic rings. The maximum Gasteiger partial charge on any atom is 0.187 e. The van der Waals surface area contributed by atoms with Crippen molar-refractivity contribution in [3.63, 3.8) is 0 Å². The van der Waals surface area contributed by atoms with Crippen LogP contribution in [0.3, 0.4) is 0 Å². The van der Waals surface area contributed by atoms with Gasteiger partial charge in [-0.15, -0.1) is 0 Å². The van der Waals surface area contributed by atoms with Crippen LogP contribution < -0.4 is 0 Å². The molecular weight excluding hydrogens is 1140 g/mol. The van der Waals surface area contributed by atoms with E-state index in [0.717, 1.165) is 32.1 Å². The molecule has 37 atom stereocenters. The first-order valence-corrected chi connectivity index (χ1v) is 30.4. The molecule has 10 fully saturated rings. The molecule has 492 valence electrons. The van der Waals surface area contributed by atoms with Crippen molar-refractivity contribution in [1.82, 2.24) is 0 Å². The number of hydrogen-bond acceptors (Lipinski definition) is 29.